The number of hydrogen-bond acceptors (Lipinski definition) is 2. The van der Waals surface area contributed by atoms with Crippen LogP contribution in [0.2, 0.25) is 0 Å². The minimum atomic E-state index is -0.337. The number of anilines is 1. The number of nitrogens with two attached hydrogens (primary N) is 1. The monoisotopic (exact) mass is 336 g/mol. The zero-order valence-electron chi connectivity index (χ0n) is 11.6. The van der Waals surface area contributed by atoms with E-state index in [2.05, 4.69) is 22.0 Å². The smallest absolute Gasteiger partial charge is 0.130 e. The third kappa shape index (κ3) is 3.38. The van der Waals surface area contributed by atoms with Gasteiger partial charge < -0.3 is 10.6 Å². The van der Waals surface area contributed by atoms with E-state index in [4.69, 9.17) is 5.73 Å². The molecular formula is C16H18BrFN2. The molecule has 0 aliphatic carbocycles. The van der Waals surface area contributed by atoms with Crippen LogP contribution in [0.4, 0.5) is 10.1 Å². The third-order valence-electron chi connectivity index (χ3n) is 3.21. The highest BCUT2D eigenvalue weighted by Crippen LogP contribution is 2.28. The van der Waals surface area contributed by atoms with Crippen LogP contribution >= 0.6 is 15.9 Å². The van der Waals surface area contributed by atoms with Crippen molar-refractivity contribution in [3.05, 3.63) is 63.9 Å². The molecule has 0 aliphatic heterocycles. The molecule has 4 heteroatoms. The first-order valence-electron chi connectivity index (χ1n) is 6.48. The first kappa shape index (κ1) is 15.0. The Balaban J connectivity index is 2.30. The second-order valence-corrected chi connectivity index (χ2v) is 5.86. The maximum atomic E-state index is 13.9. The van der Waals surface area contributed by atoms with Crippen molar-refractivity contribution in [2.45, 2.75) is 19.5 Å². The predicted octanol–water partition coefficient (Wildman–Crippen LogP) is 4.24. The van der Waals surface area contributed by atoms with Gasteiger partial charge in [0, 0.05) is 35.4 Å². The van der Waals surface area contributed by atoms with Gasteiger partial charge in [-0.1, -0.05) is 34.1 Å². The van der Waals surface area contributed by atoms with Gasteiger partial charge in [-0.05, 0) is 36.8 Å². The fraction of sp³-hybridized carbons (Fsp3) is 0.250. The van der Waals surface area contributed by atoms with Crippen molar-refractivity contribution in [3.8, 4) is 0 Å². The molecule has 0 bridgehead atoms. The molecule has 0 saturated heterocycles. The SMILES string of the molecule is C[C@H](N)c1c(F)cccc1N(C)Cc1cccc(Br)c1. The lowest BCUT2D eigenvalue weighted by molar-refractivity contribution is 0.592. The second kappa shape index (κ2) is 6.37. The van der Waals surface area contributed by atoms with E-state index in [9.17, 15) is 4.39 Å². The quantitative estimate of drug-likeness (QED) is 0.904. The molecule has 1 atom stereocenters. The molecule has 2 aromatic carbocycles. The van der Waals surface area contributed by atoms with Gasteiger partial charge in [0.05, 0.1) is 0 Å². The maximum absolute atomic E-state index is 13.9. The normalized spacial score (nSPS) is 12.2. The van der Waals surface area contributed by atoms with E-state index in [0.717, 1.165) is 15.7 Å². The van der Waals surface area contributed by atoms with Crippen molar-refractivity contribution in [2.24, 2.45) is 5.73 Å². The van der Waals surface area contributed by atoms with Gasteiger partial charge in [0.1, 0.15) is 5.82 Å². The number of nitrogens with zero attached hydrogens (tertiary/aromatic N) is 1. The molecular weight excluding hydrogens is 319 g/mol. The van der Waals surface area contributed by atoms with Gasteiger partial charge in [-0.15, -0.1) is 0 Å². The molecule has 2 N–H and O–H groups in total. The van der Waals surface area contributed by atoms with Crippen LogP contribution in [-0.2, 0) is 6.54 Å². The Morgan fingerprint density at radius 3 is 2.60 bits per heavy atom. The lowest BCUT2D eigenvalue weighted by Crippen LogP contribution is -2.21. The topological polar surface area (TPSA) is 29.3 Å². The molecule has 0 radical (unpaired) electrons. The largest absolute Gasteiger partial charge is 0.370 e. The molecule has 0 amide bonds. The summed E-state index contributed by atoms with van der Waals surface area (Å²) in [5.74, 6) is -0.251. The molecule has 2 rings (SSSR count). The Morgan fingerprint density at radius 2 is 1.95 bits per heavy atom. The Bertz CT molecular complexity index is 599. The van der Waals surface area contributed by atoms with Crippen LogP contribution in [0.3, 0.4) is 0 Å². The van der Waals surface area contributed by atoms with Gasteiger partial charge in [-0.25, -0.2) is 4.39 Å². The van der Waals surface area contributed by atoms with E-state index in [-0.39, 0.29) is 11.9 Å². The Kier molecular flexibility index (Phi) is 4.78. The van der Waals surface area contributed by atoms with E-state index in [1.54, 1.807) is 13.0 Å². The summed E-state index contributed by atoms with van der Waals surface area (Å²) in [7, 11) is 1.95. The average molecular weight is 337 g/mol. The zero-order valence-corrected chi connectivity index (χ0v) is 13.2. The van der Waals surface area contributed by atoms with Crippen molar-refractivity contribution in [1.82, 2.24) is 0 Å². The van der Waals surface area contributed by atoms with E-state index < -0.39 is 0 Å². The van der Waals surface area contributed by atoms with Gasteiger partial charge in [-0.3, -0.25) is 0 Å². The van der Waals surface area contributed by atoms with Gasteiger partial charge in [0.25, 0.3) is 0 Å². The molecule has 0 unspecified atom stereocenters. The predicted molar refractivity (Wildman–Crippen MR) is 85.3 cm³/mol. The minimum Gasteiger partial charge on any atom is -0.370 e. The number of benzene rings is 2. The van der Waals surface area contributed by atoms with Crippen molar-refractivity contribution >= 4 is 21.6 Å². The fourth-order valence-corrected chi connectivity index (χ4v) is 2.75. The van der Waals surface area contributed by atoms with Gasteiger partial charge in [0.2, 0.25) is 0 Å². The minimum absolute atomic E-state index is 0.251. The molecule has 0 saturated carbocycles. The Hall–Kier alpha value is -1.39. The van der Waals surface area contributed by atoms with E-state index >= 15 is 0 Å². The standard InChI is InChI=1S/C16H18BrFN2/c1-11(19)16-14(18)7-4-8-15(16)20(2)10-12-5-3-6-13(17)9-12/h3-9,11H,10,19H2,1-2H3/t11-/m0/s1. The highest BCUT2D eigenvalue weighted by molar-refractivity contribution is 9.10. The van der Waals surface area contributed by atoms with Crippen LogP contribution < -0.4 is 10.6 Å². The summed E-state index contributed by atoms with van der Waals surface area (Å²) in [4.78, 5) is 2.02. The third-order valence-corrected chi connectivity index (χ3v) is 3.70. The molecule has 0 aromatic heterocycles. The molecule has 0 heterocycles. The molecule has 106 valence electrons. The highest BCUT2D eigenvalue weighted by atomic mass is 79.9. The second-order valence-electron chi connectivity index (χ2n) is 4.95. The van der Waals surface area contributed by atoms with Crippen molar-refractivity contribution in [3.63, 3.8) is 0 Å². The van der Waals surface area contributed by atoms with Crippen LogP contribution in [0, 0.1) is 5.82 Å². The van der Waals surface area contributed by atoms with Crippen molar-refractivity contribution < 1.29 is 4.39 Å². The number of hydrogen-bond donors (Lipinski definition) is 1. The fourth-order valence-electron chi connectivity index (χ4n) is 2.30. The van der Waals surface area contributed by atoms with E-state index in [0.29, 0.717) is 12.1 Å². The van der Waals surface area contributed by atoms with Crippen LogP contribution in [0.25, 0.3) is 0 Å². The van der Waals surface area contributed by atoms with Crippen LogP contribution in [0.1, 0.15) is 24.1 Å². The highest BCUT2D eigenvalue weighted by Gasteiger charge is 2.15. The van der Waals surface area contributed by atoms with Gasteiger partial charge in [-0.2, -0.15) is 0 Å². The zero-order chi connectivity index (χ0) is 14.7. The molecule has 2 aromatic rings. The summed E-state index contributed by atoms with van der Waals surface area (Å²) in [6.45, 7) is 2.50. The van der Waals surface area contributed by atoms with Crippen LogP contribution in [0.15, 0.2) is 46.9 Å². The first-order chi connectivity index (χ1) is 9.49. The summed E-state index contributed by atoms with van der Waals surface area (Å²) in [5, 5.41) is 0. The molecule has 0 fully saturated rings. The van der Waals surface area contributed by atoms with Crippen LogP contribution in [0.5, 0.6) is 0 Å². The maximum Gasteiger partial charge on any atom is 0.130 e. The van der Waals surface area contributed by atoms with Crippen molar-refractivity contribution in [1.29, 1.82) is 0 Å². The lowest BCUT2D eigenvalue weighted by Gasteiger charge is -2.24. The lowest BCUT2D eigenvalue weighted by atomic mass is 10.0. The van der Waals surface area contributed by atoms with Crippen molar-refractivity contribution in [2.75, 3.05) is 11.9 Å². The molecule has 0 aliphatic rings. The van der Waals surface area contributed by atoms with Crippen LogP contribution in [-0.4, -0.2) is 7.05 Å². The number of halogens is 2. The number of rotatable bonds is 4. The summed E-state index contributed by atoms with van der Waals surface area (Å²) in [5.41, 5.74) is 8.44. The van der Waals surface area contributed by atoms with Gasteiger partial charge >= 0.3 is 0 Å². The summed E-state index contributed by atoms with van der Waals surface area (Å²) in [6.07, 6.45) is 0. The van der Waals surface area contributed by atoms with E-state index in [1.807, 2.05) is 36.2 Å². The summed E-state index contributed by atoms with van der Waals surface area (Å²) < 4.78 is 15.0. The summed E-state index contributed by atoms with van der Waals surface area (Å²) in [6, 6.07) is 12.8. The summed E-state index contributed by atoms with van der Waals surface area (Å²) >= 11 is 3.46. The Labute approximate surface area is 127 Å². The van der Waals surface area contributed by atoms with Gasteiger partial charge in [0.15, 0.2) is 0 Å². The van der Waals surface area contributed by atoms with E-state index in [1.165, 1.54) is 6.07 Å². The molecule has 2 nitrogen and oxygen atoms in total. The average Bonchev–Trinajstić information content (AvgIpc) is 2.37. The molecule has 20 heavy (non-hydrogen) atoms. The first-order valence-corrected chi connectivity index (χ1v) is 7.28. The molecule has 0 spiro atoms. The Morgan fingerprint density at radius 1 is 1.25 bits per heavy atom.